The van der Waals surface area contributed by atoms with E-state index in [0.717, 1.165) is 29.8 Å². The number of anilines is 1. The molecule has 0 aliphatic carbocycles. The SMILES string of the molecule is Cc1cccc(C)c1NC(=O)CN1CCN(C(=O)CN2CCCN(C(=O)OCC(C)C)CC2)CC1. The molecule has 194 valence electrons. The summed E-state index contributed by atoms with van der Waals surface area (Å²) < 4.78 is 5.35. The molecule has 2 fully saturated rings. The molecular formula is C26H41N5O4. The summed E-state index contributed by atoms with van der Waals surface area (Å²) in [5.41, 5.74) is 2.99. The number of nitrogens with zero attached hydrogens (tertiary/aromatic N) is 4. The van der Waals surface area contributed by atoms with Crippen LogP contribution in [0.5, 0.6) is 0 Å². The van der Waals surface area contributed by atoms with Gasteiger partial charge in [0.1, 0.15) is 0 Å². The van der Waals surface area contributed by atoms with Gasteiger partial charge in [-0.25, -0.2) is 4.79 Å². The summed E-state index contributed by atoms with van der Waals surface area (Å²) in [4.78, 5) is 45.6. The number of amides is 3. The molecule has 2 saturated heterocycles. The molecule has 1 N–H and O–H groups in total. The van der Waals surface area contributed by atoms with Crippen LogP contribution in [0.25, 0.3) is 0 Å². The predicted octanol–water partition coefficient (Wildman–Crippen LogP) is 2.19. The van der Waals surface area contributed by atoms with Gasteiger partial charge in [-0.2, -0.15) is 0 Å². The van der Waals surface area contributed by atoms with E-state index in [4.69, 9.17) is 4.74 Å². The van der Waals surface area contributed by atoms with Gasteiger partial charge in [0.15, 0.2) is 0 Å². The molecule has 9 nitrogen and oxygen atoms in total. The molecule has 1 aromatic rings. The van der Waals surface area contributed by atoms with Crippen molar-refractivity contribution in [3.05, 3.63) is 29.3 Å². The van der Waals surface area contributed by atoms with Gasteiger partial charge in [0.2, 0.25) is 11.8 Å². The number of hydrogen-bond acceptors (Lipinski definition) is 6. The fraction of sp³-hybridized carbons (Fsp3) is 0.654. The van der Waals surface area contributed by atoms with E-state index in [0.29, 0.717) is 71.4 Å². The van der Waals surface area contributed by atoms with Crippen molar-refractivity contribution in [2.24, 2.45) is 5.92 Å². The first-order valence-electron chi connectivity index (χ1n) is 12.7. The van der Waals surface area contributed by atoms with Crippen molar-refractivity contribution in [1.29, 1.82) is 0 Å². The molecule has 1 aromatic carbocycles. The van der Waals surface area contributed by atoms with Crippen LogP contribution in [0.2, 0.25) is 0 Å². The fourth-order valence-electron chi connectivity index (χ4n) is 4.48. The van der Waals surface area contributed by atoms with Crippen molar-refractivity contribution in [1.82, 2.24) is 19.6 Å². The van der Waals surface area contributed by atoms with E-state index in [9.17, 15) is 14.4 Å². The monoisotopic (exact) mass is 487 g/mol. The van der Waals surface area contributed by atoms with E-state index in [1.807, 2.05) is 50.8 Å². The number of carbonyl (C=O) groups excluding carboxylic acids is 3. The largest absolute Gasteiger partial charge is 0.449 e. The van der Waals surface area contributed by atoms with E-state index in [-0.39, 0.29) is 17.9 Å². The summed E-state index contributed by atoms with van der Waals surface area (Å²) in [6, 6.07) is 5.97. The first kappa shape index (κ1) is 26.9. The zero-order valence-electron chi connectivity index (χ0n) is 21.7. The number of aryl methyl sites for hydroxylation is 2. The number of rotatable bonds is 7. The highest BCUT2D eigenvalue weighted by Gasteiger charge is 2.26. The lowest BCUT2D eigenvalue weighted by Crippen LogP contribution is -2.52. The molecule has 2 aliphatic rings. The Kier molecular flexibility index (Phi) is 9.92. The number of benzene rings is 1. The number of nitrogens with one attached hydrogen (secondary N) is 1. The summed E-state index contributed by atoms with van der Waals surface area (Å²) in [7, 11) is 0. The molecule has 0 atom stereocenters. The number of ether oxygens (including phenoxy) is 1. The molecule has 0 bridgehead atoms. The first-order valence-corrected chi connectivity index (χ1v) is 12.7. The van der Waals surface area contributed by atoms with E-state index in [1.165, 1.54) is 0 Å². The van der Waals surface area contributed by atoms with Gasteiger partial charge in [-0.15, -0.1) is 0 Å². The van der Waals surface area contributed by atoms with Gasteiger partial charge in [0.05, 0.1) is 19.7 Å². The number of carbonyl (C=O) groups is 3. The lowest BCUT2D eigenvalue weighted by atomic mass is 10.1. The highest BCUT2D eigenvalue weighted by Crippen LogP contribution is 2.19. The normalized spacial score (nSPS) is 17.9. The summed E-state index contributed by atoms with van der Waals surface area (Å²) >= 11 is 0. The molecule has 0 unspecified atom stereocenters. The van der Waals surface area contributed by atoms with Crippen molar-refractivity contribution in [2.75, 3.05) is 77.4 Å². The summed E-state index contributed by atoms with van der Waals surface area (Å²) in [6.45, 7) is 14.4. The maximum atomic E-state index is 12.9. The first-order chi connectivity index (χ1) is 16.7. The average molecular weight is 488 g/mol. The Morgan fingerprint density at radius 2 is 1.46 bits per heavy atom. The maximum absolute atomic E-state index is 12.9. The van der Waals surface area contributed by atoms with Crippen LogP contribution in [0.1, 0.15) is 31.4 Å². The van der Waals surface area contributed by atoms with Crippen LogP contribution >= 0.6 is 0 Å². The van der Waals surface area contributed by atoms with E-state index < -0.39 is 0 Å². The quantitative estimate of drug-likeness (QED) is 0.635. The smallest absolute Gasteiger partial charge is 0.409 e. The molecule has 3 amide bonds. The number of hydrogen-bond donors (Lipinski definition) is 1. The number of piperazine rings is 1. The molecule has 0 saturated carbocycles. The highest BCUT2D eigenvalue weighted by molar-refractivity contribution is 5.93. The predicted molar refractivity (Wildman–Crippen MR) is 136 cm³/mol. The zero-order chi connectivity index (χ0) is 25.4. The second-order valence-electron chi connectivity index (χ2n) is 10.1. The Labute approximate surface area is 209 Å². The van der Waals surface area contributed by atoms with Crippen molar-refractivity contribution >= 4 is 23.6 Å². The second-order valence-corrected chi connectivity index (χ2v) is 10.1. The van der Waals surface area contributed by atoms with Crippen LogP contribution in [-0.4, -0.2) is 110 Å². The van der Waals surface area contributed by atoms with Gasteiger partial charge in [-0.05, 0) is 37.3 Å². The lowest BCUT2D eigenvalue weighted by molar-refractivity contribution is -0.134. The zero-order valence-corrected chi connectivity index (χ0v) is 21.7. The summed E-state index contributed by atoms with van der Waals surface area (Å²) in [6.07, 6.45) is 0.567. The third-order valence-corrected chi connectivity index (χ3v) is 6.58. The summed E-state index contributed by atoms with van der Waals surface area (Å²) in [5.74, 6) is 0.399. The van der Waals surface area contributed by atoms with Crippen molar-refractivity contribution in [3.63, 3.8) is 0 Å². The molecule has 0 spiro atoms. The van der Waals surface area contributed by atoms with Gasteiger partial charge in [0.25, 0.3) is 0 Å². The Morgan fingerprint density at radius 3 is 2.09 bits per heavy atom. The fourth-order valence-corrected chi connectivity index (χ4v) is 4.48. The van der Waals surface area contributed by atoms with E-state index in [2.05, 4.69) is 15.1 Å². The third kappa shape index (κ3) is 8.21. The Hall–Kier alpha value is -2.65. The van der Waals surface area contributed by atoms with Gasteiger partial charge < -0.3 is 19.9 Å². The maximum Gasteiger partial charge on any atom is 0.409 e. The minimum Gasteiger partial charge on any atom is -0.449 e. The molecule has 35 heavy (non-hydrogen) atoms. The Bertz CT molecular complexity index is 862. The minimum absolute atomic E-state index is 0.0248. The Balaban J connectivity index is 1.38. The Morgan fingerprint density at radius 1 is 0.857 bits per heavy atom. The molecule has 0 aromatic heterocycles. The molecule has 2 aliphatic heterocycles. The minimum atomic E-state index is -0.260. The van der Waals surface area contributed by atoms with Crippen LogP contribution in [0.15, 0.2) is 18.2 Å². The van der Waals surface area contributed by atoms with Crippen LogP contribution < -0.4 is 5.32 Å². The van der Waals surface area contributed by atoms with Gasteiger partial charge in [-0.1, -0.05) is 32.0 Å². The van der Waals surface area contributed by atoms with Gasteiger partial charge >= 0.3 is 6.09 Å². The molecule has 9 heteroatoms. The standard InChI is InChI=1S/C26H41N5O4/c1-20(2)19-35-26(34)31-10-6-9-28(13-16-31)18-24(33)30-14-11-29(12-15-30)17-23(32)27-25-21(3)7-5-8-22(25)4/h5,7-8,20H,6,9-19H2,1-4H3,(H,27,32). The molecule has 2 heterocycles. The van der Waals surface area contributed by atoms with Gasteiger partial charge in [-0.3, -0.25) is 19.4 Å². The van der Waals surface area contributed by atoms with Gasteiger partial charge in [0, 0.05) is 58.0 Å². The molecule has 0 radical (unpaired) electrons. The van der Waals surface area contributed by atoms with Crippen LogP contribution in [0, 0.1) is 19.8 Å². The van der Waals surface area contributed by atoms with Crippen LogP contribution in [-0.2, 0) is 14.3 Å². The lowest BCUT2D eigenvalue weighted by Gasteiger charge is -2.35. The van der Waals surface area contributed by atoms with Crippen molar-refractivity contribution in [2.45, 2.75) is 34.1 Å². The molecule has 3 rings (SSSR count). The van der Waals surface area contributed by atoms with Crippen molar-refractivity contribution < 1.29 is 19.1 Å². The average Bonchev–Trinajstić information content (AvgIpc) is 3.06. The van der Waals surface area contributed by atoms with Crippen LogP contribution in [0.4, 0.5) is 10.5 Å². The topological polar surface area (TPSA) is 85.4 Å². The summed E-state index contributed by atoms with van der Waals surface area (Å²) in [5, 5.41) is 3.04. The molecular weight excluding hydrogens is 446 g/mol. The number of para-hydroxylation sites is 1. The third-order valence-electron chi connectivity index (χ3n) is 6.58. The highest BCUT2D eigenvalue weighted by atomic mass is 16.6. The van der Waals surface area contributed by atoms with E-state index >= 15 is 0 Å². The van der Waals surface area contributed by atoms with E-state index in [1.54, 1.807) is 4.90 Å². The van der Waals surface area contributed by atoms with Crippen molar-refractivity contribution in [3.8, 4) is 0 Å². The second kappa shape index (κ2) is 12.9. The van der Waals surface area contributed by atoms with Crippen LogP contribution in [0.3, 0.4) is 0 Å².